The predicted octanol–water partition coefficient (Wildman–Crippen LogP) is 4.47. The standard InChI is InChI=1S/C18H25N/c1-14(2)19-13-7-6-9-17-15(3)11-12-16-8-4-5-10-18(16)17/h4-5,8,10-12,14,19H,6-7,9,13H2,1-3H3. The lowest BCUT2D eigenvalue weighted by Gasteiger charge is -2.11. The van der Waals surface area contributed by atoms with Gasteiger partial charge in [0.05, 0.1) is 0 Å². The minimum Gasteiger partial charge on any atom is -0.315 e. The molecule has 0 heterocycles. The van der Waals surface area contributed by atoms with Crippen LogP contribution in [0, 0.1) is 6.92 Å². The molecule has 0 atom stereocenters. The SMILES string of the molecule is Cc1ccc2ccccc2c1CCCCNC(C)C. The van der Waals surface area contributed by atoms with E-state index in [0.717, 1.165) is 6.54 Å². The molecule has 0 aliphatic carbocycles. The Balaban J connectivity index is 2.01. The fourth-order valence-corrected chi connectivity index (χ4v) is 2.59. The lowest BCUT2D eigenvalue weighted by Crippen LogP contribution is -2.23. The van der Waals surface area contributed by atoms with Crippen LogP contribution in [-0.4, -0.2) is 12.6 Å². The molecule has 0 aliphatic heterocycles. The largest absolute Gasteiger partial charge is 0.315 e. The van der Waals surface area contributed by atoms with Crippen LogP contribution in [0.25, 0.3) is 10.8 Å². The van der Waals surface area contributed by atoms with Crippen molar-refractivity contribution >= 4 is 10.8 Å². The topological polar surface area (TPSA) is 12.0 Å². The molecule has 0 spiro atoms. The number of unbranched alkanes of at least 4 members (excludes halogenated alkanes) is 1. The summed E-state index contributed by atoms with van der Waals surface area (Å²) in [6.45, 7) is 7.76. The molecule has 1 N–H and O–H groups in total. The van der Waals surface area contributed by atoms with Gasteiger partial charge in [0.2, 0.25) is 0 Å². The summed E-state index contributed by atoms with van der Waals surface area (Å²) >= 11 is 0. The zero-order valence-electron chi connectivity index (χ0n) is 12.4. The van der Waals surface area contributed by atoms with Gasteiger partial charge in [0, 0.05) is 6.04 Å². The monoisotopic (exact) mass is 255 g/mol. The third-order valence-corrected chi connectivity index (χ3v) is 3.68. The smallest absolute Gasteiger partial charge is 0.00103 e. The Hall–Kier alpha value is -1.34. The van der Waals surface area contributed by atoms with Gasteiger partial charge >= 0.3 is 0 Å². The Kier molecular flexibility index (Phi) is 4.98. The first-order valence-corrected chi connectivity index (χ1v) is 7.39. The minimum atomic E-state index is 0.597. The molecule has 0 bridgehead atoms. The summed E-state index contributed by atoms with van der Waals surface area (Å²) in [4.78, 5) is 0. The second-order valence-electron chi connectivity index (χ2n) is 5.65. The van der Waals surface area contributed by atoms with Crippen molar-refractivity contribution in [2.45, 2.75) is 46.1 Å². The van der Waals surface area contributed by atoms with E-state index < -0.39 is 0 Å². The Morgan fingerprint density at radius 2 is 1.79 bits per heavy atom. The molecule has 0 fully saturated rings. The van der Waals surface area contributed by atoms with Crippen molar-refractivity contribution in [2.75, 3.05) is 6.54 Å². The van der Waals surface area contributed by atoms with Gasteiger partial charge in [-0.2, -0.15) is 0 Å². The molecule has 2 rings (SSSR count). The first kappa shape index (κ1) is 14.1. The maximum atomic E-state index is 3.48. The minimum absolute atomic E-state index is 0.597. The highest BCUT2D eigenvalue weighted by Gasteiger charge is 2.04. The van der Waals surface area contributed by atoms with Crippen LogP contribution in [0.1, 0.15) is 37.8 Å². The molecule has 19 heavy (non-hydrogen) atoms. The van der Waals surface area contributed by atoms with Crippen molar-refractivity contribution in [2.24, 2.45) is 0 Å². The second-order valence-corrected chi connectivity index (χ2v) is 5.65. The predicted molar refractivity (Wildman–Crippen MR) is 84.8 cm³/mol. The number of benzene rings is 2. The van der Waals surface area contributed by atoms with Gasteiger partial charge in [-0.05, 0) is 54.6 Å². The molecule has 0 saturated heterocycles. The van der Waals surface area contributed by atoms with Gasteiger partial charge in [-0.3, -0.25) is 0 Å². The van der Waals surface area contributed by atoms with Crippen molar-refractivity contribution in [3.8, 4) is 0 Å². The Labute approximate surface area is 117 Å². The lowest BCUT2D eigenvalue weighted by molar-refractivity contribution is 0.558. The number of nitrogens with one attached hydrogen (secondary N) is 1. The number of fused-ring (bicyclic) bond motifs is 1. The average Bonchev–Trinajstić information content (AvgIpc) is 2.40. The van der Waals surface area contributed by atoms with Crippen LogP contribution in [0.3, 0.4) is 0 Å². The first-order valence-electron chi connectivity index (χ1n) is 7.39. The van der Waals surface area contributed by atoms with Crippen LogP contribution in [0.15, 0.2) is 36.4 Å². The molecular weight excluding hydrogens is 230 g/mol. The lowest BCUT2D eigenvalue weighted by atomic mass is 9.96. The molecule has 0 saturated carbocycles. The van der Waals surface area contributed by atoms with E-state index in [1.807, 2.05) is 0 Å². The highest BCUT2D eigenvalue weighted by atomic mass is 14.9. The Morgan fingerprint density at radius 3 is 2.58 bits per heavy atom. The number of hydrogen-bond acceptors (Lipinski definition) is 1. The van der Waals surface area contributed by atoms with Gasteiger partial charge in [0.25, 0.3) is 0 Å². The fourth-order valence-electron chi connectivity index (χ4n) is 2.59. The van der Waals surface area contributed by atoms with Gasteiger partial charge in [-0.15, -0.1) is 0 Å². The van der Waals surface area contributed by atoms with Crippen LogP contribution in [0.2, 0.25) is 0 Å². The third kappa shape index (κ3) is 3.81. The molecular formula is C18H25N. The molecule has 2 aromatic rings. The van der Waals surface area contributed by atoms with Crippen LogP contribution in [0.5, 0.6) is 0 Å². The molecule has 0 aromatic heterocycles. The first-order chi connectivity index (χ1) is 9.18. The van der Waals surface area contributed by atoms with E-state index in [0.29, 0.717) is 6.04 Å². The molecule has 0 unspecified atom stereocenters. The van der Waals surface area contributed by atoms with Gasteiger partial charge < -0.3 is 5.32 Å². The van der Waals surface area contributed by atoms with Crippen LogP contribution in [0.4, 0.5) is 0 Å². The molecule has 0 radical (unpaired) electrons. The van der Waals surface area contributed by atoms with E-state index in [4.69, 9.17) is 0 Å². The summed E-state index contributed by atoms with van der Waals surface area (Å²) in [5.41, 5.74) is 2.96. The van der Waals surface area contributed by atoms with Gasteiger partial charge in [0.15, 0.2) is 0 Å². The van der Waals surface area contributed by atoms with Crippen LogP contribution >= 0.6 is 0 Å². The molecule has 102 valence electrons. The van der Waals surface area contributed by atoms with E-state index in [9.17, 15) is 0 Å². The zero-order valence-corrected chi connectivity index (χ0v) is 12.4. The number of aryl methyl sites for hydroxylation is 2. The van der Waals surface area contributed by atoms with Crippen molar-refractivity contribution in [3.63, 3.8) is 0 Å². The average molecular weight is 255 g/mol. The number of hydrogen-bond donors (Lipinski definition) is 1. The number of rotatable bonds is 6. The van der Waals surface area contributed by atoms with Crippen molar-refractivity contribution in [3.05, 3.63) is 47.5 Å². The summed E-state index contributed by atoms with van der Waals surface area (Å²) in [7, 11) is 0. The quantitative estimate of drug-likeness (QED) is 0.751. The van der Waals surface area contributed by atoms with Crippen molar-refractivity contribution in [1.29, 1.82) is 0 Å². The Bertz CT molecular complexity index is 528. The molecule has 2 aromatic carbocycles. The van der Waals surface area contributed by atoms with Gasteiger partial charge in [0.1, 0.15) is 0 Å². The van der Waals surface area contributed by atoms with E-state index in [1.54, 1.807) is 0 Å². The molecule has 0 amide bonds. The highest BCUT2D eigenvalue weighted by molar-refractivity contribution is 5.86. The fraction of sp³-hybridized carbons (Fsp3) is 0.444. The summed E-state index contributed by atoms with van der Waals surface area (Å²) in [6, 6.07) is 13.8. The maximum Gasteiger partial charge on any atom is 0.00103 e. The normalized spacial score (nSPS) is 11.4. The molecule has 0 aliphatic rings. The van der Waals surface area contributed by atoms with E-state index in [2.05, 4.69) is 62.5 Å². The summed E-state index contributed by atoms with van der Waals surface area (Å²) in [5, 5.41) is 6.28. The summed E-state index contributed by atoms with van der Waals surface area (Å²) < 4.78 is 0. The van der Waals surface area contributed by atoms with Crippen LogP contribution < -0.4 is 5.32 Å². The molecule has 1 heteroatoms. The van der Waals surface area contributed by atoms with Crippen molar-refractivity contribution in [1.82, 2.24) is 5.32 Å². The summed E-state index contributed by atoms with van der Waals surface area (Å²) in [6.07, 6.45) is 3.70. The second kappa shape index (κ2) is 6.72. The summed E-state index contributed by atoms with van der Waals surface area (Å²) in [5.74, 6) is 0. The van der Waals surface area contributed by atoms with E-state index >= 15 is 0 Å². The third-order valence-electron chi connectivity index (χ3n) is 3.68. The highest BCUT2D eigenvalue weighted by Crippen LogP contribution is 2.23. The van der Waals surface area contributed by atoms with Gasteiger partial charge in [-0.1, -0.05) is 50.2 Å². The Morgan fingerprint density at radius 1 is 1.00 bits per heavy atom. The van der Waals surface area contributed by atoms with Crippen molar-refractivity contribution < 1.29 is 0 Å². The molecule has 1 nitrogen and oxygen atoms in total. The maximum absolute atomic E-state index is 3.48. The van der Waals surface area contributed by atoms with E-state index in [1.165, 1.54) is 41.2 Å². The van der Waals surface area contributed by atoms with Crippen LogP contribution in [-0.2, 0) is 6.42 Å². The zero-order chi connectivity index (χ0) is 13.7. The van der Waals surface area contributed by atoms with E-state index in [-0.39, 0.29) is 0 Å². The van der Waals surface area contributed by atoms with Gasteiger partial charge in [-0.25, -0.2) is 0 Å².